The fourth-order valence-corrected chi connectivity index (χ4v) is 3.52. The number of hydrogen-bond acceptors (Lipinski definition) is 6. The summed E-state index contributed by atoms with van der Waals surface area (Å²) in [4.78, 5) is 30.7. The van der Waals surface area contributed by atoms with Crippen molar-refractivity contribution in [3.8, 4) is 5.69 Å². The van der Waals surface area contributed by atoms with E-state index < -0.39 is 4.92 Å². The highest BCUT2D eigenvalue weighted by molar-refractivity contribution is 7.09. The third kappa shape index (κ3) is 3.21. The fourth-order valence-electron chi connectivity index (χ4n) is 2.82. The van der Waals surface area contributed by atoms with E-state index in [0.717, 1.165) is 17.7 Å². The van der Waals surface area contributed by atoms with Gasteiger partial charge in [-0.3, -0.25) is 14.9 Å². The molecule has 132 valence electrons. The molecule has 0 N–H and O–H groups in total. The number of thiophene rings is 1. The first-order chi connectivity index (χ1) is 12.6. The van der Waals surface area contributed by atoms with E-state index in [4.69, 9.17) is 0 Å². The van der Waals surface area contributed by atoms with Gasteiger partial charge < -0.3 is 4.90 Å². The van der Waals surface area contributed by atoms with Crippen molar-refractivity contribution in [2.24, 2.45) is 0 Å². The summed E-state index contributed by atoms with van der Waals surface area (Å²) in [6.07, 6.45) is 4.63. The highest BCUT2D eigenvalue weighted by Crippen LogP contribution is 2.32. The average molecular weight is 369 g/mol. The zero-order valence-electron chi connectivity index (χ0n) is 13.7. The molecule has 1 saturated carbocycles. The summed E-state index contributed by atoms with van der Waals surface area (Å²) in [7, 11) is 0. The Morgan fingerprint density at radius 3 is 2.85 bits per heavy atom. The molecule has 0 aliphatic heterocycles. The van der Waals surface area contributed by atoms with E-state index in [9.17, 15) is 14.9 Å². The SMILES string of the molecule is O=C(c1ccc(-n2cncn2)c([N+](=O)[O-])c1)N(Cc1cccs1)C1CC1. The molecular weight excluding hydrogens is 354 g/mol. The van der Waals surface area contributed by atoms with Gasteiger partial charge in [-0.1, -0.05) is 6.07 Å². The van der Waals surface area contributed by atoms with E-state index in [1.54, 1.807) is 22.3 Å². The average Bonchev–Trinajstić information content (AvgIpc) is 3.12. The number of carbonyl (C=O) groups excluding carboxylic acids is 1. The Morgan fingerprint density at radius 1 is 1.38 bits per heavy atom. The fraction of sp³-hybridized carbons (Fsp3) is 0.235. The Balaban J connectivity index is 1.66. The molecule has 2 aromatic heterocycles. The Morgan fingerprint density at radius 2 is 2.23 bits per heavy atom. The molecule has 26 heavy (non-hydrogen) atoms. The van der Waals surface area contributed by atoms with Gasteiger partial charge in [-0.25, -0.2) is 9.67 Å². The first-order valence-corrected chi connectivity index (χ1v) is 8.98. The van der Waals surface area contributed by atoms with Crippen LogP contribution < -0.4 is 0 Å². The highest BCUT2D eigenvalue weighted by Gasteiger charge is 2.34. The Bertz CT molecular complexity index is 935. The quantitative estimate of drug-likeness (QED) is 0.492. The second-order valence-corrected chi connectivity index (χ2v) is 7.08. The topological polar surface area (TPSA) is 94.2 Å². The predicted molar refractivity (Wildman–Crippen MR) is 95.2 cm³/mol. The Kier molecular flexibility index (Phi) is 4.21. The number of hydrogen-bond donors (Lipinski definition) is 0. The molecule has 9 heteroatoms. The number of rotatable bonds is 6. The zero-order valence-corrected chi connectivity index (χ0v) is 14.5. The van der Waals surface area contributed by atoms with E-state index in [2.05, 4.69) is 10.1 Å². The van der Waals surface area contributed by atoms with Crippen LogP contribution in [-0.2, 0) is 6.54 Å². The number of nitro groups is 1. The molecule has 1 aliphatic rings. The molecule has 0 radical (unpaired) electrons. The van der Waals surface area contributed by atoms with Crippen LogP contribution in [-0.4, -0.2) is 36.5 Å². The van der Waals surface area contributed by atoms with Crippen molar-refractivity contribution < 1.29 is 9.72 Å². The lowest BCUT2D eigenvalue weighted by molar-refractivity contribution is -0.384. The molecule has 1 aliphatic carbocycles. The second-order valence-electron chi connectivity index (χ2n) is 6.04. The molecular formula is C17H15N5O3S. The molecule has 0 unspecified atom stereocenters. The minimum Gasteiger partial charge on any atom is -0.331 e. The summed E-state index contributed by atoms with van der Waals surface area (Å²) in [5, 5.41) is 17.4. The van der Waals surface area contributed by atoms with Crippen LogP contribution in [0.1, 0.15) is 28.1 Å². The number of nitrogens with zero attached hydrogens (tertiary/aromatic N) is 5. The molecule has 0 saturated heterocycles. The van der Waals surface area contributed by atoms with Crippen LogP contribution >= 0.6 is 11.3 Å². The summed E-state index contributed by atoms with van der Waals surface area (Å²) < 4.78 is 1.32. The van der Waals surface area contributed by atoms with E-state index >= 15 is 0 Å². The van der Waals surface area contributed by atoms with Crippen LogP contribution in [0.15, 0.2) is 48.4 Å². The van der Waals surface area contributed by atoms with E-state index in [1.165, 1.54) is 29.5 Å². The van der Waals surface area contributed by atoms with Gasteiger partial charge in [-0.2, -0.15) is 5.10 Å². The van der Waals surface area contributed by atoms with Gasteiger partial charge in [-0.15, -0.1) is 11.3 Å². The molecule has 0 atom stereocenters. The van der Waals surface area contributed by atoms with Gasteiger partial charge in [0, 0.05) is 22.5 Å². The maximum atomic E-state index is 13.0. The smallest absolute Gasteiger partial charge is 0.295 e. The summed E-state index contributed by atoms with van der Waals surface area (Å²) in [5.41, 5.74) is 0.414. The number of aromatic nitrogens is 3. The Hall–Kier alpha value is -3.07. The molecule has 8 nitrogen and oxygen atoms in total. The van der Waals surface area contributed by atoms with E-state index in [0.29, 0.717) is 12.1 Å². The van der Waals surface area contributed by atoms with Crippen LogP contribution in [0.25, 0.3) is 5.69 Å². The van der Waals surface area contributed by atoms with Crippen molar-refractivity contribution in [1.29, 1.82) is 0 Å². The number of nitro benzene ring substituents is 1. The number of carbonyl (C=O) groups is 1. The Labute approximate surface area is 152 Å². The molecule has 2 heterocycles. The van der Waals surface area contributed by atoms with Crippen LogP contribution in [0.5, 0.6) is 0 Å². The first kappa shape index (κ1) is 16.4. The van der Waals surface area contributed by atoms with Gasteiger partial charge >= 0.3 is 0 Å². The number of amides is 1. The van der Waals surface area contributed by atoms with Crippen LogP contribution in [0.4, 0.5) is 5.69 Å². The van der Waals surface area contributed by atoms with Crippen LogP contribution in [0.3, 0.4) is 0 Å². The summed E-state index contributed by atoms with van der Waals surface area (Å²) >= 11 is 1.60. The maximum Gasteiger partial charge on any atom is 0.295 e. The first-order valence-electron chi connectivity index (χ1n) is 8.10. The van der Waals surface area contributed by atoms with Crippen LogP contribution in [0, 0.1) is 10.1 Å². The minimum atomic E-state index is -0.505. The number of benzene rings is 1. The van der Waals surface area contributed by atoms with Gasteiger partial charge in [0.25, 0.3) is 11.6 Å². The van der Waals surface area contributed by atoms with Crippen molar-refractivity contribution >= 4 is 22.9 Å². The zero-order chi connectivity index (χ0) is 18.1. The largest absolute Gasteiger partial charge is 0.331 e. The molecule has 0 bridgehead atoms. The van der Waals surface area contributed by atoms with Crippen molar-refractivity contribution in [2.75, 3.05) is 0 Å². The van der Waals surface area contributed by atoms with Gasteiger partial charge in [-0.05, 0) is 36.4 Å². The molecule has 0 spiro atoms. The predicted octanol–water partition coefficient (Wildman–Crippen LogP) is 3.04. The molecule has 4 rings (SSSR count). The lowest BCUT2D eigenvalue weighted by Gasteiger charge is -2.22. The monoisotopic (exact) mass is 369 g/mol. The summed E-state index contributed by atoms with van der Waals surface area (Å²) in [6.45, 7) is 0.528. The van der Waals surface area contributed by atoms with Gasteiger partial charge in [0.05, 0.1) is 11.5 Å². The molecule has 1 fully saturated rings. The van der Waals surface area contributed by atoms with Crippen LogP contribution in [0.2, 0.25) is 0 Å². The maximum absolute atomic E-state index is 13.0. The lowest BCUT2D eigenvalue weighted by Crippen LogP contribution is -2.32. The van der Waals surface area contributed by atoms with Gasteiger partial charge in [0.1, 0.15) is 18.3 Å². The minimum absolute atomic E-state index is 0.173. The van der Waals surface area contributed by atoms with Crippen molar-refractivity contribution in [1.82, 2.24) is 19.7 Å². The van der Waals surface area contributed by atoms with Crippen molar-refractivity contribution in [3.63, 3.8) is 0 Å². The third-order valence-electron chi connectivity index (χ3n) is 4.24. The van der Waals surface area contributed by atoms with Gasteiger partial charge in [0.15, 0.2) is 0 Å². The molecule has 3 aromatic rings. The highest BCUT2D eigenvalue weighted by atomic mass is 32.1. The standard InChI is InChI=1S/C17H15N5O3S/c23-17(20(13-4-5-13)9-14-2-1-7-26-14)12-3-6-15(16(8-12)22(24)25)21-11-18-10-19-21/h1-3,6-8,10-11,13H,4-5,9H2. The van der Waals surface area contributed by atoms with Gasteiger partial charge in [0.2, 0.25) is 0 Å². The van der Waals surface area contributed by atoms with E-state index in [1.807, 2.05) is 17.5 Å². The summed E-state index contributed by atoms with van der Waals surface area (Å²) in [6, 6.07) is 8.62. The molecule has 1 amide bonds. The normalized spacial score (nSPS) is 13.5. The second kappa shape index (κ2) is 6.68. The van der Waals surface area contributed by atoms with Crippen molar-refractivity contribution in [2.45, 2.75) is 25.4 Å². The lowest BCUT2D eigenvalue weighted by atomic mass is 10.1. The summed E-state index contributed by atoms with van der Waals surface area (Å²) in [5.74, 6) is -0.186. The van der Waals surface area contributed by atoms with Crippen molar-refractivity contribution in [3.05, 3.63) is 68.9 Å². The molecule has 1 aromatic carbocycles. The third-order valence-corrected chi connectivity index (χ3v) is 5.10. The van der Waals surface area contributed by atoms with E-state index in [-0.39, 0.29) is 23.3 Å².